The van der Waals surface area contributed by atoms with E-state index in [1.165, 1.54) is 4.90 Å². The van der Waals surface area contributed by atoms with Crippen molar-refractivity contribution in [1.82, 2.24) is 14.8 Å². The molecule has 2 N–H and O–H groups in total. The van der Waals surface area contributed by atoms with Crippen molar-refractivity contribution >= 4 is 12.2 Å². The van der Waals surface area contributed by atoms with Gasteiger partial charge in [0.15, 0.2) is 11.6 Å². The molecule has 0 saturated heterocycles. The van der Waals surface area contributed by atoms with Crippen LogP contribution in [0.15, 0.2) is 48.5 Å². The van der Waals surface area contributed by atoms with Crippen LogP contribution >= 0.6 is 0 Å². The number of rotatable bonds is 9. The summed E-state index contributed by atoms with van der Waals surface area (Å²) in [6, 6.07) is 15.1. The number of nitrogens with one attached hydrogen (secondary N) is 1. The third-order valence-electron chi connectivity index (χ3n) is 5.05. The zero-order valence-corrected chi connectivity index (χ0v) is 18.4. The quantitative estimate of drug-likeness (QED) is 0.493. The van der Waals surface area contributed by atoms with Crippen LogP contribution in [0.3, 0.4) is 0 Å². The van der Waals surface area contributed by atoms with E-state index in [2.05, 4.69) is 18.9 Å². The number of hydrogen-bond donors (Lipinski definition) is 2. The SMILES string of the molecule is CC[NH+](CC)CCn1nc(/C=C/c2ccc(OC)cc2)nc1-c1ccccc1O.[Cl-]. The Morgan fingerprint density at radius 3 is 2.37 bits per heavy atom. The third-order valence-corrected chi connectivity index (χ3v) is 5.05. The number of quaternary nitrogens is 1. The highest BCUT2D eigenvalue weighted by Gasteiger charge is 2.15. The second-order valence-electron chi connectivity index (χ2n) is 6.85. The van der Waals surface area contributed by atoms with Gasteiger partial charge in [-0.15, -0.1) is 0 Å². The van der Waals surface area contributed by atoms with E-state index in [-0.39, 0.29) is 18.2 Å². The van der Waals surface area contributed by atoms with E-state index in [4.69, 9.17) is 9.72 Å². The van der Waals surface area contributed by atoms with Gasteiger partial charge in [0.2, 0.25) is 0 Å². The second-order valence-corrected chi connectivity index (χ2v) is 6.85. The number of ether oxygens (including phenoxy) is 1. The van der Waals surface area contributed by atoms with Gasteiger partial charge in [-0.1, -0.05) is 30.3 Å². The normalized spacial score (nSPS) is 11.1. The second kappa shape index (κ2) is 11.4. The molecule has 2 aromatic carbocycles. The maximum Gasteiger partial charge on any atom is 0.174 e. The molecular formula is C23H29ClN4O2. The van der Waals surface area contributed by atoms with Crippen LogP contribution in [0.2, 0.25) is 0 Å². The molecule has 0 atom stereocenters. The lowest BCUT2D eigenvalue weighted by atomic mass is 10.2. The zero-order valence-electron chi connectivity index (χ0n) is 17.7. The number of aromatic nitrogens is 3. The number of para-hydroxylation sites is 1. The molecule has 0 bridgehead atoms. The number of benzene rings is 2. The highest BCUT2D eigenvalue weighted by molar-refractivity contribution is 5.69. The standard InChI is InChI=1S/C23H28N4O2.ClH/c1-4-26(5-2)16-17-27-23(20-8-6-7-9-21(20)28)24-22(25-27)15-12-18-10-13-19(29-3)14-11-18;/h6-15,28H,4-5,16-17H2,1-3H3;1H/b15-12+;. The van der Waals surface area contributed by atoms with Crippen LogP contribution in [0.1, 0.15) is 25.2 Å². The maximum atomic E-state index is 10.3. The van der Waals surface area contributed by atoms with Crippen molar-refractivity contribution in [3.8, 4) is 22.9 Å². The van der Waals surface area contributed by atoms with Crippen molar-refractivity contribution in [2.24, 2.45) is 0 Å². The number of methoxy groups -OCH3 is 1. The summed E-state index contributed by atoms with van der Waals surface area (Å²) < 4.78 is 7.09. The van der Waals surface area contributed by atoms with Gasteiger partial charge in [-0.2, -0.15) is 5.10 Å². The van der Waals surface area contributed by atoms with Crippen molar-refractivity contribution in [1.29, 1.82) is 0 Å². The van der Waals surface area contributed by atoms with E-state index < -0.39 is 0 Å². The van der Waals surface area contributed by atoms with Gasteiger partial charge in [0, 0.05) is 0 Å². The fourth-order valence-corrected chi connectivity index (χ4v) is 3.20. The molecule has 0 unspecified atom stereocenters. The van der Waals surface area contributed by atoms with E-state index in [0.717, 1.165) is 37.5 Å². The van der Waals surface area contributed by atoms with Crippen LogP contribution < -0.4 is 22.0 Å². The van der Waals surface area contributed by atoms with Crippen molar-refractivity contribution in [2.75, 3.05) is 26.7 Å². The average molecular weight is 429 g/mol. The number of likely N-dealkylation sites (N-methyl/N-ethyl adjacent to an activating group) is 1. The highest BCUT2D eigenvalue weighted by Crippen LogP contribution is 2.27. The Balaban J connectivity index is 0.00000320. The van der Waals surface area contributed by atoms with Crippen molar-refractivity contribution in [3.63, 3.8) is 0 Å². The molecule has 3 aromatic rings. The molecule has 0 fully saturated rings. The molecule has 0 spiro atoms. The molecular weight excluding hydrogens is 400 g/mol. The van der Waals surface area contributed by atoms with Gasteiger partial charge in [-0.3, -0.25) is 0 Å². The number of phenols is 1. The lowest BCUT2D eigenvalue weighted by Crippen LogP contribution is -3.11. The number of aromatic hydroxyl groups is 1. The molecule has 0 radical (unpaired) electrons. The Hall–Kier alpha value is -2.83. The molecule has 0 aliphatic heterocycles. The number of nitrogens with zero attached hydrogens (tertiary/aromatic N) is 3. The minimum absolute atomic E-state index is 0. The van der Waals surface area contributed by atoms with Crippen LogP contribution in [-0.2, 0) is 6.54 Å². The molecule has 3 rings (SSSR count). The monoisotopic (exact) mass is 428 g/mol. The molecule has 160 valence electrons. The van der Waals surface area contributed by atoms with Crippen molar-refractivity contribution < 1.29 is 27.2 Å². The van der Waals surface area contributed by atoms with E-state index >= 15 is 0 Å². The molecule has 1 aromatic heterocycles. The van der Waals surface area contributed by atoms with Crippen LogP contribution in [0.4, 0.5) is 0 Å². The van der Waals surface area contributed by atoms with Gasteiger partial charge in [0.1, 0.15) is 11.5 Å². The van der Waals surface area contributed by atoms with Gasteiger partial charge >= 0.3 is 0 Å². The van der Waals surface area contributed by atoms with Gasteiger partial charge in [0.05, 0.1) is 38.9 Å². The predicted molar refractivity (Wildman–Crippen MR) is 116 cm³/mol. The lowest BCUT2D eigenvalue weighted by molar-refractivity contribution is -0.897. The number of phenolic OH excluding ortho intramolecular Hbond substituents is 1. The fourth-order valence-electron chi connectivity index (χ4n) is 3.20. The van der Waals surface area contributed by atoms with Gasteiger partial charge in [-0.05, 0) is 49.8 Å². The van der Waals surface area contributed by atoms with Gasteiger partial charge in [0.25, 0.3) is 0 Å². The summed E-state index contributed by atoms with van der Waals surface area (Å²) in [6.07, 6.45) is 3.87. The van der Waals surface area contributed by atoms with E-state index in [9.17, 15) is 5.11 Å². The first-order chi connectivity index (χ1) is 14.1. The first-order valence-electron chi connectivity index (χ1n) is 10.0. The van der Waals surface area contributed by atoms with Crippen LogP contribution in [0, 0.1) is 0 Å². The number of hydrogen-bond acceptors (Lipinski definition) is 4. The smallest absolute Gasteiger partial charge is 0.174 e. The Labute approximate surface area is 184 Å². The van der Waals surface area contributed by atoms with Gasteiger partial charge < -0.3 is 27.2 Å². The summed E-state index contributed by atoms with van der Waals surface area (Å²) in [7, 11) is 1.65. The molecule has 0 saturated carbocycles. The van der Waals surface area contributed by atoms with Crippen LogP contribution in [0.25, 0.3) is 23.5 Å². The average Bonchev–Trinajstić information content (AvgIpc) is 3.16. The summed E-state index contributed by atoms with van der Waals surface area (Å²) in [5.41, 5.74) is 1.73. The zero-order chi connectivity index (χ0) is 20.6. The van der Waals surface area contributed by atoms with E-state index in [1.807, 2.05) is 59.3 Å². The van der Waals surface area contributed by atoms with Crippen LogP contribution in [0.5, 0.6) is 11.5 Å². The molecule has 7 heteroatoms. The Bertz CT molecular complexity index is 950. The summed E-state index contributed by atoms with van der Waals surface area (Å²) in [5.74, 6) is 2.34. The Morgan fingerprint density at radius 1 is 1.03 bits per heavy atom. The molecule has 0 aliphatic carbocycles. The van der Waals surface area contributed by atoms with E-state index in [0.29, 0.717) is 17.2 Å². The first kappa shape index (κ1) is 23.4. The predicted octanol–water partition coefficient (Wildman–Crippen LogP) is -0.242. The summed E-state index contributed by atoms with van der Waals surface area (Å²) in [4.78, 5) is 6.19. The van der Waals surface area contributed by atoms with Crippen molar-refractivity contribution in [2.45, 2.75) is 20.4 Å². The maximum absolute atomic E-state index is 10.3. The molecule has 30 heavy (non-hydrogen) atoms. The molecule has 6 nitrogen and oxygen atoms in total. The van der Waals surface area contributed by atoms with Gasteiger partial charge in [-0.25, -0.2) is 9.67 Å². The topological polar surface area (TPSA) is 64.6 Å². The summed E-state index contributed by atoms with van der Waals surface area (Å²) >= 11 is 0. The lowest BCUT2D eigenvalue weighted by Gasteiger charge is -2.15. The molecule has 0 amide bonds. The Kier molecular flexibility index (Phi) is 8.89. The van der Waals surface area contributed by atoms with Crippen molar-refractivity contribution in [3.05, 3.63) is 59.9 Å². The minimum atomic E-state index is 0. The summed E-state index contributed by atoms with van der Waals surface area (Å²) in [6.45, 7) is 8.21. The highest BCUT2D eigenvalue weighted by atomic mass is 35.5. The summed E-state index contributed by atoms with van der Waals surface area (Å²) in [5, 5.41) is 15.0. The third kappa shape index (κ3) is 5.84. The van der Waals surface area contributed by atoms with Crippen LogP contribution in [-0.4, -0.2) is 46.6 Å². The fraction of sp³-hybridized carbons (Fsp3) is 0.304. The van der Waals surface area contributed by atoms with E-state index in [1.54, 1.807) is 13.2 Å². The molecule has 1 heterocycles. The number of halogens is 1. The molecule has 0 aliphatic rings. The minimum Gasteiger partial charge on any atom is -1.00 e. The largest absolute Gasteiger partial charge is 1.00 e. The Morgan fingerprint density at radius 2 is 1.73 bits per heavy atom. The first-order valence-corrected chi connectivity index (χ1v) is 10.0.